The van der Waals surface area contributed by atoms with Crippen LogP contribution < -0.4 is 4.90 Å². The summed E-state index contributed by atoms with van der Waals surface area (Å²) in [4.78, 5) is 2.14. The van der Waals surface area contributed by atoms with Crippen molar-refractivity contribution in [3.63, 3.8) is 0 Å². The average Bonchev–Trinajstić information content (AvgIpc) is 2.37. The van der Waals surface area contributed by atoms with E-state index >= 15 is 0 Å². The Balaban J connectivity index is 2.69. The number of rotatable bonds is 7. The van der Waals surface area contributed by atoms with E-state index in [9.17, 15) is 5.11 Å². The molecule has 3 nitrogen and oxygen atoms in total. The number of hydrogen-bond acceptors (Lipinski definition) is 3. The fraction of sp³-hybridized carbons (Fsp3) is 0.600. The van der Waals surface area contributed by atoms with Crippen LogP contribution in [-0.2, 0) is 4.74 Å². The van der Waals surface area contributed by atoms with Crippen molar-refractivity contribution >= 4 is 5.69 Å². The van der Waals surface area contributed by atoms with Gasteiger partial charge in [0.05, 0.1) is 18.8 Å². The smallest absolute Gasteiger partial charge is 0.0807 e. The van der Waals surface area contributed by atoms with Gasteiger partial charge in [-0.05, 0) is 26.3 Å². The molecule has 1 rings (SSSR count). The molecule has 0 fully saturated rings. The molecule has 1 aromatic rings. The maximum absolute atomic E-state index is 10.0. The lowest BCUT2D eigenvalue weighted by molar-refractivity contribution is 0.0845. The van der Waals surface area contributed by atoms with Crippen molar-refractivity contribution in [2.24, 2.45) is 0 Å². The average molecular weight is 251 g/mol. The number of nitrogens with zero attached hydrogens (tertiary/aromatic N) is 1. The second kappa shape index (κ2) is 7.39. The highest BCUT2D eigenvalue weighted by atomic mass is 16.5. The number of hydrogen-bond donors (Lipinski definition) is 1. The Hall–Kier alpha value is -1.06. The van der Waals surface area contributed by atoms with Gasteiger partial charge in [0.1, 0.15) is 0 Å². The highest BCUT2D eigenvalue weighted by molar-refractivity contribution is 5.54. The van der Waals surface area contributed by atoms with Crippen molar-refractivity contribution in [2.75, 3.05) is 25.1 Å². The lowest BCUT2D eigenvalue weighted by Crippen LogP contribution is -2.25. The molecular weight excluding hydrogens is 226 g/mol. The third kappa shape index (κ3) is 4.31. The van der Waals surface area contributed by atoms with Crippen molar-refractivity contribution in [1.82, 2.24) is 0 Å². The Labute approximate surface area is 110 Å². The summed E-state index contributed by atoms with van der Waals surface area (Å²) in [7, 11) is 2.03. The molecule has 0 aromatic heterocycles. The van der Waals surface area contributed by atoms with E-state index in [1.807, 2.05) is 52.1 Å². The molecule has 1 atom stereocenters. The van der Waals surface area contributed by atoms with Crippen LogP contribution in [-0.4, -0.2) is 31.4 Å². The van der Waals surface area contributed by atoms with Crippen LogP contribution in [0.4, 0.5) is 5.69 Å². The fourth-order valence-electron chi connectivity index (χ4n) is 1.88. The van der Waals surface area contributed by atoms with Crippen LogP contribution in [0.3, 0.4) is 0 Å². The van der Waals surface area contributed by atoms with E-state index in [0.717, 1.165) is 24.2 Å². The SMILES string of the molecule is CC[C@H](O)c1ccccc1N(C)CCOC(C)C. The third-order valence-electron chi connectivity index (χ3n) is 2.97. The van der Waals surface area contributed by atoms with Crippen LogP contribution in [0.25, 0.3) is 0 Å². The monoisotopic (exact) mass is 251 g/mol. The quantitative estimate of drug-likeness (QED) is 0.808. The first-order valence-corrected chi connectivity index (χ1v) is 6.66. The van der Waals surface area contributed by atoms with Gasteiger partial charge in [-0.1, -0.05) is 25.1 Å². The van der Waals surface area contributed by atoms with Crippen molar-refractivity contribution in [2.45, 2.75) is 39.4 Å². The Bertz CT molecular complexity index is 352. The number of aliphatic hydroxyl groups is 1. The Morgan fingerprint density at radius 3 is 2.56 bits per heavy atom. The van der Waals surface area contributed by atoms with Crippen LogP contribution in [0.1, 0.15) is 38.9 Å². The summed E-state index contributed by atoms with van der Waals surface area (Å²) in [5.74, 6) is 0. The first kappa shape index (κ1) is 15.0. The third-order valence-corrected chi connectivity index (χ3v) is 2.97. The molecule has 3 heteroatoms. The summed E-state index contributed by atoms with van der Waals surface area (Å²) in [6.07, 6.45) is 0.595. The first-order chi connectivity index (χ1) is 8.56. The van der Waals surface area contributed by atoms with Gasteiger partial charge >= 0.3 is 0 Å². The van der Waals surface area contributed by atoms with E-state index in [0.29, 0.717) is 6.61 Å². The zero-order chi connectivity index (χ0) is 13.5. The van der Waals surface area contributed by atoms with Crippen LogP contribution in [0.5, 0.6) is 0 Å². The standard InChI is InChI=1S/C15H25NO2/c1-5-15(17)13-8-6-7-9-14(13)16(4)10-11-18-12(2)3/h6-9,12,15,17H,5,10-11H2,1-4H3/t15-/m0/s1. The Morgan fingerprint density at radius 1 is 1.28 bits per heavy atom. The molecule has 0 heterocycles. The van der Waals surface area contributed by atoms with Crippen LogP contribution >= 0.6 is 0 Å². The summed E-state index contributed by atoms with van der Waals surface area (Å²) in [5, 5.41) is 10.0. The van der Waals surface area contributed by atoms with Gasteiger partial charge < -0.3 is 14.7 Å². The second-order valence-corrected chi connectivity index (χ2v) is 4.82. The number of aliphatic hydroxyl groups excluding tert-OH is 1. The molecule has 0 saturated heterocycles. The maximum atomic E-state index is 10.0. The lowest BCUT2D eigenvalue weighted by atomic mass is 10.0. The van der Waals surface area contributed by atoms with Gasteiger partial charge in [0.15, 0.2) is 0 Å². The maximum Gasteiger partial charge on any atom is 0.0807 e. The highest BCUT2D eigenvalue weighted by Gasteiger charge is 2.12. The summed E-state index contributed by atoms with van der Waals surface area (Å²) in [6.45, 7) is 7.59. The molecule has 0 aliphatic rings. The van der Waals surface area contributed by atoms with E-state index in [4.69, 9.17) is 4.74 Å². The van der Waals surface area contributed by atoms with Crippen molar-refractivity contribution < 1.29 is 9.84 Å². The summed E-state index contributed by atoms with van der Waals surface area (Å²) in [6, 6.07) is 8.00. The van der Waals surface area contributed by atoms with Gasteiger partial charge in [-0.3, -0.25) is 0 Å². The van der Waals surface area contributed by atoms with Gasteiger partial charge in [-0.25, -0.2) is 0 Å². The molecule has 0 bridgehead atoms. The van der Waals surface area contributed by atoms with Crippen LogP contribution in [0.2, 0.25) is 0 Å². The van der Waals surface area contributed by atoms with Crippen LogP contribution in [0, 0.1) is 0 Å². The zero-order valence-electron chi connectivity index (χ0n) is 11.9. The summed E-state index contributed by atoms with van der Waals surface area (Å²) >= 11 is 0. The van der Waals surface area contributed by atoms with E-state index in [-0.39, 0.29) is 6.10 Å². The van der Waals surface area contributed by atoms with Crippen molar-refractivity contribution in [1.29, 1.82) is 0 Å². The predicted octanol–water partition coefficient (Wildman–Crippen LogP) is 2.99. The topological polar surface area (TPSA) is 32.7 Å². The number of benzene rings is 1. The molecule has 0 saturated carbocycles. The molecule has 0 spiro atoms. The molecule has 0 radical (unpaired) electrons. The summed E-state index contributed by atoms with van der Waals surface area (Å²) < 4.78 is 5.56. The van der Waals surface area contributed by atoms with Gasteiger partial charge in [0, 0.05) is 24.8 Å². The lowest BCUT2D eigenvalue weighted by Gasteiger charge is -2.24. The van der Waals surface area contributed by atoms with E-state index in [2.05, 4.69) is 4.90 Å². The molecule has 102 valence electrons. The van der Waals surface area contributed by atoms with E-state index < -0.39 is 6.10 Å². The molecular formula is C15H25NO2. The minimum absolute atomic E-state index is 0.259. The first-order valence-electron chi connectivity index (χ1n) is 6.66. The fourth-order valence-corrected chi connectivity index (χ4v) is 1.88. The molecule has 0 aliphatic heterocycles. The summed E-state index contributed by atoms with van der Waals surface area (Å²) in [5.41, 5.74) is 2.08. The van der Waals surface area contributed by atoms with E-state index in [1.165, 1.54) is 0 Å². The largest absolute Gasteiger partial charge is 0.388 e. The highest BCUT2D eigenvalue weighted by Crippen LogP contribution is 2.27. The number of ether oxygens (including phenoxy) is 1. The van der Waals surface area contributed by atoms with E-state index in [1.54, 1.807) is 0 Å². The molecule has 0 aliphatic carbocycles. The van der Waals surface area contributed by atoms with Crippen LogP contribution in [0.15, 0.2) is 24.3 Å². The molecule has 1 N–H and O–H groups in total. The Morgan fingerprint density at radius 2 is 1.94 bits per heavy atom. The van der Waals surface area contributed by atoms with Crippen molar-refractivity contribution in [3.8, 4) is 0 Å². The van der Waals surface area contributed by atoms with Gasteiger partial charge in [0.25, 0.3) is 0 Å². The second-order valence-electron chi connectivity index (χ2n) is 4.82. The number of likely N-dealkylation sites (N-methyl/N-ethyl adjacent to an activating group) is 1. The molecule has 1 aromatic carbocycles. The molecule has 0 unspecified atom stereocenters. The van der Waals surface area contributed by atoms with Gasteiger partial charge in [-0.2, -0.15) is 0 Å². The minimum atomic E-state index is -0.394. The molecule has 18 heavy (non-hydrogen) atoms. The predicted molar refractivity (Wildman–Crippen MR) is 76.1 cm³/mol. The molecule has 0 amide bonds. The zero-order valence-corrected chi connectivity index (χ0v) is 11.9. The number of anilines is 1. The van der Waals surface area contributed by atoms with Gasteiger partial charge in [-0.15, -0.1) is 0 Å². The Kier molecular flexibility index (Phi) is 6.16. The minimum Gasteiger partial charge on any atom is -0.388 e. The van der Waals surface area contributed by atoms with Gasteiger partial charge in [0.2, 0.25) is 0 Å². The van der Waals surface area contributed by atoms with Crippen molar-refractivity contribution in [3.05, 3.63) is 29.8 Å². The number of para-hydroxylation sites is 1. The normalized spacial score (nSPS) is 12.8.